The van der Waals surface area contributed by atoms with Gasteiger partial charge in [-0.3, -0.25) is 0 Å². The van der Waals surface area contributed by atoms with E-state index < -0.39 is 36.7 Å². The van der Waals surface area contributed by atoms with Crippen LogP contribution in [0.15, 0.2) is 46.7 Å². The van der Waals surface area contributed by atoms with E-state index in [0.717, 1.165) is 23.8 Å². The molecule has 1 saturated heterocycles. The number of carbonyl (C=O) groups excluding carboxylic acids is 1. The predicted octanol–water partition coefficient (Wildman–Crippen LogP) is 4.93. The zero-order chi connectivity index (χ0) is 26.7. The molecule has 12 heteroatoms. The lowest BCUT2D eigenvalue weighted by atomic mass is 9.99. The normalized spacial score (nSPS) is 15.9. The highest BCUT2D eigenvalue weighted by Gasteiger charge is 2.45. The smallest absolute Gasteiger partial charge is 0.416 e. The summed E-state index contributed by atoms with van der Waals surface area (Å²) in [6.45, 7) is 1.79. The van der Waals surface area contributed by atoms with Gasteiger partial charge in [-0.05, 0) is 37.6 Å². The number of nitrogens with zero attached hydrogens (tertiary/aromatic N) is 3. The average Bonchev–Trinajstić information content (AvgIpc) is 2.80. The van der Waals surface area contributed by atoms with Gasteiger partial charge < -0.3 is 19.3 Å². The number of alkyl halides is 5. The minimum Gasteiger partial charge on any atom is -0.464 e. The van der Waals surface area contributed by atoms with Crippen LogP contribution in [0.2, 0.25) is 0 Å². The molecule has 0 N–H and O–H groups in total. The molecular formula is C24H24F5N3O4. The van der Waals surface area contributed by atoms with E-state index in [2.05, 4.69) is 10.3 Å². The molecule has 0 bridgehead atoms. The maximum Gasteiger partial charge on any atom is 0.416 e. The molecule has 1 aliphatic heterocycles. The Morgan fingerprint density at radius 1 is 1.08 bits per heavy atom. The fourth-order valence-corrected chi connectivity index (χ4v) is 3.70. The quantitative estimate of drug-likeness (QED) is 0.217. The number of rotatable bonds is 8. The molecule has 0 spiro atoms. The zero-order valence-electron chi connectivity index (χ0n) is 19.9. The van der Waals surface area contributed by atoms with E-state index in [1.807, 2.05) is 0 Å². The van der Waals surface area contributed by atoms with Gasteiger partial charge in [-0.15, -0.1) is 0 Å². The maximum atomic E-state index is 13.4. The fourth-order valence-electron chi connectivity index (χ4n) is 3.70. The Bertz CT molecular complexity index is 1190. The molecular weight excluding hydrogens is 489 g/mol. The van der Waals surface area contributed by atoms with E-state index in [4.69, 9.17) is 14.4 Å². The summed E-state index contributed by atoms with van der Waals surface area (Å²) in [6, 6.07) is 7.89. The fraction of sp³-hybridized carbons (Fsp3) is 0.375. The minimum atomic E-state index is -4.63. The first kappa shape index (κ1) is 26.9. The summed E-state index contributed by atoms with van der Waals surface area (Å²) >= 11 is 0. The number of ether oxygens (including phenoxy) is 1. The number of carbonyl (C=O) groups is 1. The Morgan fingerprint density at radius 2 is 1.78 bits per heavy atom. The molecule has 0 radical (unpaired) electrons. The first-order valence-electron chi connectivity index (χ1n) is 10.7. The van der Waals surface area contributed by atoms with Crippen molar-refractivity contribution in [2.24, 2.45) is 10.3 Å². The summed E-state index contributed by atoms with van der Waals surface area (Å²) in [5, 5.41) is 7.68. The number of anilines is 1. The molecule has 3 rings (SSSR count). The van der Waals surface area contributed by atoms with Crippen molar-refractivity contribution in [1.82, 2.24) is 0 Å². The van der Waals surface area contributed by atoms with Crippen molar-refractivity contribution in [3.8, 4) is 0 Å². The highest BCUT2D eigenvalue weighted by molar-refractivity contribution is 6.43. The third kappa shape index (κ3) is 5.92. The van der Waals surface area contributed by atoms with E-state index in [0.29, 0.717) is 11.1 Å². The van der Waals surface area contributed by atoms with Crippen molar-refractivity contribution in [3.63, 3.8) is 0 Å². The monoisotopic (exact) mass is 513 g/mol. The van der Waals surface area contributed by atoms with Gasteiger partial charge in [-0.2, -0.15) is 13.2 Å². The summed E-state index contributed by atoms with van der Waals surface area (Å²) in [5.74, 6) is -3.66. The summed E-state index contributed by atoms with van der Waals surface area (Å²) in [6.07, 6.45) is -4.63. The third-order valence-corrected chi connectivity index (χ3v) is 5.54. The van der Waals surface area contributed by atoms with Crippen LogP contribution in [0.1, 0.15) is 34.7 Å². The summed E-state index contributed by atoms with van der Waals surface area (Å²) in [4.78, 5) is 23.6. The Morgan fingerprint density at radius 3 is 2.36 bits per heavy atom. The lowest BCUT2D eigenvalue weighted by Gasteiger charge is -2.41. The molecule has 1 aliphatic rings. The van der Waals surface area contributed by atoms with Gasteiger partial charge in [0, 0.05) is 22.4 Å². The van der Waals surface area contributed by atoms with E-state index in [1.165, 1.54) is 26.0 Å². The van der Waals surface area contributed by atoms with Gasteiger partial charge in [0.1, 0.15) is 13.7 Å². The van der Waals surface area contributed by atoms with Crippen LogP contribution in [0.25, 0.3) is 0 Å². The van der Waals surface area contributed by atoms with Gasteiger partial charge in [0.25, 0.3) is 5.92 Å². The average molecular weight is 513 g/mol. The SMILES string of the molecule is CO/N=C(/C(=O)OC)c1cccc(C)c1CO/N=C(\C)c1cc(C(F)(F)F)ccc1N1CC(F)(F)C1. The number of hydrogen-bond acceptors (Lipinski definition) is 7. The third-order valence-electron chi connectivity index (χ3n) is 5.54. The number of methoxy groups -OCH3 is 1. The molecule has 0 amide bonds. The van der Waals surface area contributed by atoms with Crippen LogP contribution in [0.4, 0.5) is 27.6 Å². The van der Waals surface area contributed by atoms with Gasteiger partial charge >= 0.3 is 12.1 Å². The van der Waals surface area contributed by atoms with Gasteiger partial charge in [0.05, 0.1) is 31.5 Å². The van der Waals surface area contributed by atoms with E-state index >= 15 is 0 Å². The Hall–Kier alpha value is -3.70. The topological polar surface area (TPSA) is 72.7 Å². The number of hydrogen-bond donors (Lipinski definition) is 0. The molecule has 0 atom stereocenters. The van der Waals surface area contributed by atoms with Crippen molar-refractivity contribution in [3.05, 3.63) is 64.2 Å². The molecule has 0 aromatic heterocycles. The molecule has 1 fully saturated rings. The maximum absolute atomic E-state index is 13.4. The lowest BCUT2D eigenvalue weighted by Crippen LogP contribution is -2.56. The number of halogens is 5. The highest BCUT2D eigenvalue weighted by Crippen LogP contribution is 2.37. The summed E-state index contributed by atoms with van der Waals surface area (Å²) in [5.41, 5.74) is 0.804. The Kier molecular flexibility index (Phi) is 7.85. The molecule has 0 saturated carbocycles. The van der Waals surface area contributed by atoms with Crippen LogP contribution in [0.5, 0.6) is 0 Å². The van der Waals surface area contributed by atoms with Crippen LogP contribution in [-0.2, 0) is 32.0 Å². The molecule has 1 heterocycles. The number of oxime groups is 2. The molecule has 7 nitrogen and oxygen atoms in total. The predicted molar refractivity (Wildman–Crippen MR) is 122 cm³/mol. The summed E-state index contributed by atoms with van der Waals surface area (Å²) < 4.78 is 71.5. The lowest BCUT2D eigenvalue weighted by molar-refractivity contribution is -0.137. The second kappa shape index (κ2) is 10.5. The van der Waals surface area contributed by atoms with Crippen molar-refractivity contribution in [2.75, 3.05) is 32.2 Å². The van der Waals surface area contributed by atoms with E-state index in [-0.39, 0.29) is 29.3 Å². The van der Waals surface area contributed by atoms with Gasteiger partial charge in [0.15, 0.2) is 5.71 Å². The Balaban J connectivity index is 1.92. The van der Waals surface area contributed by atoms with Crippen LogP contribution >= 0.6 is 0 Å². The van der Waals surface area contributed by atoms with E-state index in [9.17, 15) is 26.7 Å². The van der Waals surface area contributed by atoms with Crippen LogP contribution in [0, 0.1) is 6.92 Å². The molecule has 0 aliphatic carbocycles. The number of benzene rings is 2. The van der Waals surface area contributed by atoms with Crippen molar-refractivity contribution in [1.29, 1.82) is 0 Å². The van der Waals surface area contributed by atoms with Crippen LogP contribution < -0.4 is 4.90 Å². The largest absolute Gasteiger partial charge is 0.464 e. The standard InChI is InChI=1S/C24H24F5N3O4/c1-14-6-5-7-17(21(31-35-4)22(33)34-3)19(14)11-36-30-15(2)18-10-16(24(27,28)29)8-9-20(18)32-12-23(25,26)13-32/h5-10H,11-13H2,1-4H3/b30-15+,31-21+. The molecule has 36 heavy (non-hydrogen) atoms. The van der Waals surface area contributed by atoms with Gasteiger partial charge in [0.2, 0.25) is 0 Å². The molecule has 0 unspecified atom stereocenters. The first-order valence-corrected chi connectivity index (χ1v) is 10.7. The van der Waals surface area contributed by atoms with Gasteiger partial charge in [-0.25, -0.2) is 13.6 Å². The van der Waals surface area contributed by atoms with Crippen molar-refractivity contribution < 1.29 is 41.2 Å². The van der Waals surface area contributed by atoms with Gasteiger partial charge in [-0.1, -0.05) is 28.5 Å². The molecule has 194 valence electrons. The first-order chi connectivity index (χ1) is 16.9. The number of esters is 1. The molecule has 2 aromatic carbocycles. The zero-order valence-corrected chi connectivity index (χ0v) is 19.9. The Labute approximate surface area is 204 Å². The second-order valence-corrected chi connectivity index (χ2v) is 8.11. The van der Waals surface area contributed by atoms with Crippen molar-refractivity contribution >= 4 is 23.1 Å². The van der Waals surface area contributed by atoms with Crippen LogP contribution in [-0.4, -0.2) is 50.6 Å². The number of aryl methyl sites for hydroxylation is 1. The van der Waals surface area contributed by atoms with Crippen LogP contribution in [0.3, 0.4) is 0 Å². The molecule has 2 aromatic rings. The minimum absolute atomic E-state index is 0.0153. The van der Waals surface area contributed by atoms with Crippen molar-refractivity contribution in [2.45, 2.75) is 32.6 Å². The second-order valence-electron chi connectivity index (χ2n) is 8.11. The van der Waals surface area contributed by atoms with E-state index in [1.54, 1.807) is 25.1 Å². The summed E-state index contributed by atoms with van der Waals surface area (Å²) in [7, 11) is 2.46. The highest BCUT2D eigenvalue weighted by atomic mass is 19.4.